The van der Waals surface area contributed by atoms with Crippen LogP contribution in [0, 0.1) is 13.8 Å². The Kier molecular flexibility index (Phi) is 5.49. The summed E-state index contributed by atoms with van der Waals surface area (Å²) in [5.41, 5.74) is 2.23. The van der Waals surface area contributed by atoms with Gasteiger partial charge in [-0.25, -0.2) is 0 Å². The summed E-state index contributed by atoms with van der Waals surface area (Å²) in [6.45, 7) is 5.38. The van der Waals surface area contributed by atoms with Crippen molar-refractivity contribution < 1.29 is 9.53 Å². The molecule has 2 N–H and O–H groups in total. The third-order valence-corrected chi connectivity index (χ3v) is 2.42. The van der Waals surface area contributed by atoms with E-state index < -0.39 is 0 Å². The highest BCUT2D eigenvalue weighted by molar-refractivity contribution is 5.77. The molecule has 0 aliphatic heterocycles. The third kappa shape index (κ3) is 4.44. The molecule has 1 aromatic carbocycles. The topological polar surface area (TPSA) is 50.4 Å². The molecule has 0 heterocycles. The summed E-state index contributed by atoms with van der Waals surface area (Å²) in [6.07, 6.45) is 0. The Morgan fingerprint density at radius 1 is 1.29 bits per heavy atom. The fourth-order valence-corrected chi connectivity index (χ4v) is 1.59. The van der Waals surface area contributed by atoms with Crippen molar-refractivity contribution in [2.45, 2.75) is 13.8 Å². The predicted molar refractivity (Wildman–Crippen MR) is 68.3 cm³/mol. The van der Waals surface area contributed by atoms with Gasteiger partial charge in [0, 0.05) is 0 Å². The molecule has 4 nitrogen and oxygen atoms in total. The van der Waals surface area contributed by atoms with E-state index in [9.17, 15) is 4.79 Å². The molecular weight excluding hydrogens is 216 g/mol. The average Bonchev–Trinajstić information content (AvgIpc) is 2.28. The number of ether oxygens (including phenoxy) is 1. The fourth-order valence-electron chi connectivity index (χ4n) is 1.59. The van der Waals surface area contributed by atoms with Crippen LogP contribution in [0.15, 0.2) is 18.2 Å². The van der Waals surface area contributed by atoms with Gasteiger partial charge < -0.3 is 15.4 Å². The van der Waals surface area contributed by atoms with Crippen LogP contribution in [0.1, 0.15) is 11.1 Å². The lowest BCUT2D eigenvalue weighted by Gasteiger charge is -2.12. The molecule has 0 fully saturated rings. The Balaban J connectivity index is 2.34. The number of para-hydroxylation sites is 1. The minimum absolute atomic E-state index is 0.0161. The van der Waals surface area contributed by atoms with Crippen molar-refractivity contribution in [2.24, 2.45) is 0 Å². The van der Waals surface area contributed by atoms with Crippen LogP contribution < -0.4 is 15.4 Å². The highest BCUT2D eigenvalue weighted by Crippen LogP contribution is 2.21. The van der Waals surface area contributed by atoms with E-state index in [0.29, 0.717) is 19.7 Å². The first-order chi connectivity index (χ1) is 8.15. The van der Waals surface area contributed by atoms with Crippen LogP contribution in [-0.2, 0) is 4.79 Å². The number of amides is 1. The van der Waals surface area contributed by atoms with Gasteiger partial charge in [0.05, 0.1) is 13.1 Å². The number of nitrogens with one attached hydrogen (secondary N) is 2. The summed E-state index contributed by atoms with van der Waals surface area (Å²) in [6, 6.07) is 6.04. The Labute approximate surface area is 102 Å². The Morgan fingerprint density at radius 2 is 1.94 bits per heavy atom. The Hall–Kier alpha value is -1.55. The number of hydrogen-bond donors (Lipinski definition) is 2. The lowest BCUT2D eigenvalue weighted by molar-refractivity contribution is -0.120. The molecule has 1 aromatic rings. The summed E-state index contributed by atoms with van der Waals surface area (Å²) >= 11 is 0. The first-order valence-corrected chi connectivity index (χ1v) is 5.75. The van der Waals surface area contributed by atoms with E-state index in [-0.39, 0.29) is 5.91 Å². The van der Waals surface area contributed by atoms with Crippen LogP contribution in [0.5, 0.6) is 5.75 Å². The van der Waals surface area contributed by atoms with Crippen molar-refractivity contribution in [1.29, 1.82) is 0 Å². The Morgan fingerprint density at radius 3 is 2.53 bits per heavy atom. The van der Waals surface area contributed by atoms with E-state index in [1.165, 1.54) is 0 Å². The van der Waals surface area contributed by atoms with E-state index in [4.69, 9.17) is 4.74 Å². The van der Waals surface area contributed by atoms with E-state index in [1.807, 2.05) is 32.0 Å². The summed E-state index contributed by atoms with van der Waals surface area (Å²) in [5, 5.41) is 5.56. The van der Waals surface area contributed by atoms with Crippen LogP contribution in [0.25, 0.3) is 0 Å². The average molecular weight is 236 g/mol. The van der Waals surface area contributed by atoms with Crippen molar-refractivity contribution in [2.75, 3.05) is 26.7 Å². The van der Waals surface area contributed by atoms with Gasteiger partial charge in [-0.05, 0) is 32.0 Å². The molecule has 4 heteroatoms. The minimum Gasteiger partial charge on any atom is -0.491 e. The molecule has 0 spiro atoms. The number of rotatable bonds is 6. The van der Waals surface area contributed by atoms with Gasteiger partial charge in [0.1, 0.15) is 12.4 Å². The van der Waals surface area contributed by atoms with Gasteiger partial charge in [-0.1, -0.05) is 18.2 Å². The third-order valence-electron chi connectivity index (χ3n) is 2.42. The molecule has 0 aromatic heterocycles. The monoisotopic (exact) mass is 236 g/mol. The van der Waals surface area contributed by atoms with Crippen molar-refractivity contribution in [3.05, 3.63) is 29.3 Å². The van der Waals surface area contributed by atoms with E-state index in [0.717, 1.165) is 16.9 Å². The quantitative estimate of drug-likeness (QED) is 0.725. The minimum atomic E-state index is -0.0161. The van der Waals surface area contributed by atoms with Crippen LogP contribution in [-0.4, -0.2) is 32.7 Å². The second kappa shape index (κ2) is 6.91. The molecule has 1 rings (SSSR count). The molecule has 0 radical (unpaired) electrons. The van der Waals surface area contributed by atoms with Crippen LogP contribution in [0.3, 0.4) is 0 Å². The highest BCUT2D eigenvalue weighted by Gasteiger charge is 2.03. The summed E-state index contributed by atoms with van der Waals surface area (Å²) in [7, 11) is 1.74. The normalized spacial score (nSPS) is 10.1. The standard InChI is InChI=1S/C13H20N2O2/c1-10-5-4-6-11(2)13(10)17-8-7-15-12(16)9-14-3/h4-6,14H,7-9H2,1-3H3,(H,15,16). The van der Waals surface area contributed by atoms with Gasteiger partial charge in [0.2, 0.25) is 5.91 Å². The van der Waals surface area contributed by atoms with Crippen LogP contribution >= 0.6 is 0 Å². The molecule has 0 atom stereocenters. The SMILES string of the molecule is CNCC(=O)NCCOc1c(C)cccc1C. The van der Waals surface area contributed by atoms with Gasteiger partial charge in [0.15, 0.2) is 0 Å². The zero-order chi connectivity index (χ0) is 12.7. The smallest absolute Gasteiger partial charge is 0.234 e. The van der Waals surface area contributed by atoms with Gasteiger partial charge >= 0.3 is 0 Å². The van der Waals surface area contributed by atoms with Crippen molar-refractivity contribution in [3.8, 4) is 5.75 Å². The molecule has 17 heavy (non-hydrogen) atoms. The first-order valence-electron chi connectivity index (χ1n) is 5.75. The molecule has 0 bridgehead atoms. The predicted octanol–water partition coefficient (Wildman–Crippen LogP) is 1.02. The molecule has 0 saturated carbocycles. The van der Waals surface area contributed by atoms with Gasteiger partial charge in [0.25, 0.3) is 0 Å². The van der Waals surface area contributed by atoms with Gasteiger partial charge in [-0.3, -0.25) is 4.79 Å². The Bertz CT molecular complexity index is 357. The molecule has 0 aliphatic rings. The molecule has 0 unspecified atom stereocenters. The van der Waals surface area contributed by atoms with Crippen LogP contribution in [0.2, 0.25) is 0 Å². The first kappa shape index (κ1) is 13.5. The van der Waals surface area contributed by atoms with Crippen LogP contribution in [0.4, 0.5) is 0 Å². The maximum Gasteiger partial charge on any atom is 0.234 e. The van der Waals surface area contributed by atoms with Gasteiger partial charge in [-0.15, -0.1) is 0 Å². The maximum atomic E-state index is 11.2. The number of aryl methyl sites for hydroxylation is 2. The van der Waals surface area contributed by atoms with E-state index in [1.54, 1.807) is 7.05 Å². The number of hydrogen-bond acceptors (Lipinski definition) is 3. The summed E-state index contributed by atoms with van der Waals surface area (Å²) < 4.78 is 5.66. The molecule has 0 aliphatic carbocycles. The van der Waals surface area contributed by atoms with Crippen molar-refractivity contribution >= 4 is 5.91 Å². The number of benzene rings is 1. The largest absolute Gasteiger partial charge is 0.491 e. The molecular formula is C13H20N2O2. The molecule has 1 amide bonds. The molecule has 94 valence electrons. The second-order valence-corrected chi connectivity index (χ2v) is 3.95. The lowest BCUT2D eigenvalue weighted by atomic mass is 10.1. The summed E-state index contributed by atoms with van der Waals surface area (Å²) in [5.74, 6) is 0.896. The molecule has 0 saturated heterocycles. The number of likely N-dealkylation sites (N-methyl/N-ethyl adjacent to an activating group) is 1. The number of carbonyl (C=O) groups excluding carboxylic acids is 1. The van der Waals surface area contributed by atoms with Gasteiger partial charge in [-0.2, -0.15) is 0 Å². The zero-order valence-electron chi connectivity index (χ0n) is 10.7. The van der Waals surface area contributed by atoms with E-state index in [2.05, 4.69) is 10.6 Å². The lowest BCUT2D eigenvalue weighted by Crippen LogP contribution is -2.34. The fraction of sp³-hybridized carbons (Fsp3) is 0.462. The van der Waals surface area contributed by atoms with Crippen molar-refractivity contribution in [1.82, 2.24) is 10.6 Å². The highest BCUT2D eigenvalue weighted by atomic mass is 16.5. The maximum absolute atomic E-state index is 11.2. The number of carbonyl (C=O) groups is 1. The van der Waals surface area contributed by atoms with E-state index >= 15 is 0 Å². The second-order valence-electron chi connectivity index (χ2n) is 3.95. The summed E-state index contributed by atoms with van der Waals surface area (Å²) in [4.78, 5) is 11.2. The zero-order valence-corrected chi connectivity index (χ0v) is 10.7. The van der Waals surface area contributed by atoms with Crippen molar-refractivity contribution in [3.63, 3.8) is 0 Å².